The maximum absolute atomic E-state index is 14.0. The number of carboxylic acid groups (broad SMARTS) is 2. The fraction of sp³-hybridized carbons (Fsp3) is 0.558. The summed E-state index contributed by atoms with van der Waals surface area (Å²) in [6.07, 6.45) is -5.91. The van der Waals surface area contributed by atoms with Crippen LogP contribution in [0.3, 0.4) is 0 Å². The molecule has 5 amide bonds. The van der Waals surface area contributed by atoms with E-state index in [-0.39, 0.29) is 29.6 Å². The number of aliphatic carboxylic acids is 2. The average molecular weight is 932 g/mol. The zero-order chi connectivity index (χ0) is 49.1. The number of halogens is 6. The molecule has 1 spiro atoms. The maximum Gasteiger partial charge on any atom is 0.490 e. The van der Waals surface area contributed by atoms with Crippen molar-refractivity contribution >= 4 is 41.5 Å². The van der Waals surface area contributed by atoms with Crippen molar-refractivity contribution in [3.63, 3.8) is 0 Å². The van der Waals surface area contributed by atoms with Crippen LogP contribution in [0, 0.1) is 11.3 Å². The highest BCUT2D eigenvalue weighted by Crippen LogP contribution is 2.40. The molecule has 22 heteroatoms. The maximum atomic E-state index is 14.0. The van der Waals surface area contributed by atoms with Gasteiger partial charge in [0.05, 0.1) is 6.04 Å². The number of nitrogens with zero attached hydrogens (tertiary/aromatic N) is 2. The first kappa shape index (κ1) is 55.4. The number of carboxylic acids is 2. The first-order valence-electron chi connectivity index (χ1n) is 20.9. The van der Waals surface area contributed by atoms with Crippen molar-refractivity contribution in [2.45, 2.75) is 109 Å². The van der Waals surface area contributed by atoms with E-state index >= 15 is 0 Å². The van der Waals surface area contributed by atoms with Gasteiger partial charge >= 0.3 is 24.3 Å². The molecule has 4 atom stereocenters. The van der Waals surface area contributed by atoms with Crippen LogP contribution in [0.2, 0.25) is 0 Å². The van der Waals surface area contributed by atoms with E-state index in [9.17, 15) is 50.3 Å². The van der Waals surface area contributed by atoms with Crippen LogP contribution in [0.4, 0.5) is 26.3 Å². The summed E-state index contributed by atoms with van der Waals surface area (Å²) in [6.45, 7) is 8.55. The number of benzene rings is 2. The summed E-state index contributed by atoms with van der Waals surface area (Å²) in [5.74, 6) is -6.96. The van der Waals surface area contributed by atoms with Gasteiger partial charge in [-0.1, -0.05) is 74.5 Å². The van der Waals surface area contributed by atoms with Crippen LogP contribution in [-0.2, 0) is 46.4 Å². The van der Waals surface area contributed by atoms with Gasteiger partial charge in [0.15, 0.2) is 0 Å². The lowest BCUT2D eigenvalue weighted by molar-refractivity contribution is -0.193. The zero-order valence-electron chi connectivity index (χ0n) is 36.4. The number of carbonyl (C=O) groups excluding carboxylic acids is 5. The number of nitrogens with two attached hydrogens (primary N) is 2. The summed E-state index contributed by atoms with van der Waals surface area (Å²) < 4.78 is 63.5. The number of carbonyl (C=O) groups is 7. The van der Waals surface area contributed by atoms with E-state index in [1.54, 1.807) is 6.92 Å². The number of unbranched alkanes of at least 4 members (excludes halogenated alkanes) is 1. The van der Waals surface area contributed by atoms with E-state index in [0.29, 0.717) is 51.7 Å². The van der Waals surface area contributed by atoms with Crippen molar-refractivity contribution in [3.05, 3.63) is 71.8 Å². The first-order chi connectivity index (χ1) is 30.3. The fourth-order valence-corrected chi connectivity index (χ4v) is 7.02. The number of alkyl halides is 6. The molecule has 65 heavy (non-hydrogen) atoms. The Bertz CT molecular complexity index is 1850. The topological polar surface area (TPSA) is 255 Å². The van der Waals surface area contributed by atoms with Crippen LogP contribution in [0.15, 0.2) is 60.7 Å². The van der Waals surface area contributed by atoms with Gasteiger partial charge in [0.1, 0.15) is 18.1 Å². The van der Waals surface area contributed by atoms with Crippen molar-refractivity contribution in [1.29, 1.82) is 0 Å². The van der Waals surface area contributed by atoms with Crippen molar-refractivity contribution in [2.24, 2.45) is 22.8 Å². The summed E-state index contributed by atoms with van der Waals surface area (Å²) in [5.41, 5.74) is 13.8. The number of amides is 5. The van der Waals surface area contributed by atoms with Crippen molar-refractivity contribution in [3.8, 4) is 0 Å². The first-order valence-corrected chi connectivity index (χ1v) is 20.9. The Kier molecular flexibility index (Phi) is 21.8. The van der Waals surface area contributed by atoms with E-state index < -0.39 is 66.2 Å². The number of hydrogen-bond acceptors (Lipinski definition) is 9. The summed E-state index contributed by atoms with van der Waals surface area (Å²) in [5, 5.41) is 23.0. The molecular formula is C43H59F6N7O9. The van der Waals surface area contributed by atoms with Gasteiger partial charge in [0.2, 0.25) is 29.5 Å². The minimum atomic E-state index is -5.08. The van der Waals surface area contributed by atoms with Gasteiger partial charge in [0, 0.05) is 44.9 Å². The lowest BCUT2D eigenvalue weighted by atomic mass is 9.72. The van der Waals surface area contributed by atoms with Gasteiger partial charge in [-0.2, -0.15) is 26.3 Å². The number of nitrogens with one attached hydrogen (secondary N) is 3. The Morgan fingerprint density at radius 1 is 0.677 bits per heavy atom. The van der Waals surface area contributed by atoms with E-state index in [0.717, 1.165) is 37.1 Å². The molecule has 0 radical (unpaired) electrons. The number of likely N-dealkylation sites (tertiary alicyclic amines) is 2. The molecular weight excluding hydrogens is 873 g/mol. The van der Waals surface area contributed by atoms with Gasteiger partial charge in [-0.05, 0) is 68.5 Å². The monoisotopic (exact) mass is 931 g/mol. The Labute approximate surface area is 372 Å². The summed E-state index contributed by atoms with van der Waals surface area (Å²) in [6, 6.07) is 15.2. The van der Waals surface area contributed by atoms with Gasteiger partial charge in [-0.3, -0.25) is 24.0 Å². The molecule has 0 saturated carbocycles. The lowest BCUT2D eigenvalue weighted by Crippen LogP contribution is -2.63. The van der Waals surface area contributed by atoms with Gasteiger partial charge in [-0.15, -0.1) is 0 Å². The lowest BCUT2D eigenvalue weighted by Gasteiger charge is -2.54. The minimum Gasteiger partial charge on any atom is -0.475 e. The van der Waals surface area contributed by atoms with Crippen LogP contribution >= 0.6 is 0 Å². The Morgan fingerprint density at radius 3 is 1.54 bits per heavy atom. The molecule has 9 N–H and O–H groups in total. The number of rotatable bonds is 17. The zero-order valence-corrected chi connectivity index (χ0v) is 36.4. The summed E-state index contributed by atoms with van der Waals surface area (Å²) in [4.78, 5) is 88.3. The highest BCUT2D eigenvalue weighted by atomic mass is 19.4. The van der Waals surface area contributed by atoms with E-state index in [1.165, 1.54) is 0 Å². The molecule has 0 unspecified atom stereocenters. The number of hydrogen-bond donors (Lipinski definition) is 7. The third-order valence-electron chi connectivity index (χ3n) is 10.6. The van der Waals surface area contributed by atoms with Crippen LogP contribution in [-0.4, -0.2) is 131 Å². The Morgan fingerprint density at radius 2 is 1.11 bits per heavy atom. The molecule has 0 bridgehead atoms. The highest BCUT2D eigenvalue weighted by Gasteiger charge is 2.47. The fourth-order valence-electron chi connectivity index (χ4n) is 7.02. The molecule has 4 rings (SSSR count). The largest absolute Gasteiger partial charge is 0.490 e. The summed E-state index contributed by atoms with van der Waals surface area (Å²) in [7, 11) is 0. The van der Waals surface area contributed by atoms with Crippen LogP contribution < -0.4 is 27.4 Å². The van der Waals surface area contributed by atoms with Crippen LogP contribution in [0.25, 0.3) is 0 Å². The van der Waals surface area contributed by atoms with Crippen LogP contribution in [0.1, 0.15) is 70.4 Å². The van der Waals surface area contributed by atoms with Gasteiger partial charge in [-0.25, -0.2) is 9.59 Å². The molecule has 2 aromatic carbocycles. The van der Waals surface area contributed by atoms with E-state index in [4.69, 9.17) is 31.3 Å². The molecule has 362 valence electrons. The second kappa shape index (κ2) is 25.6. The Hall–Kier alpha value is -5.77. The van der Waals surface area contributed by atoms with Gasteiger partial charge in [0.25, 0.3) is 0 Å². The molecule has 16 nitrogen and oxygen atoms in total. The van der Waals surface area contributed by atoms with E-state index in [2.05, 4.69) is 16.0 Å². The Balaban J connectivity index is 0.000000894. The predicted octanol–water partition coefficient (Wildman–Crippen LogP) is 3.17. The van der Waals surface area contributed by atoms with Crippen molar-refractivity contribution in [2.75, 3.05) is 32.7 Å². The second-order valence-electron chi connectivity index (χ2n) is 16.4. The third-order valence-corrected chi connectivity index (χ3v) is 10.6. The minimum absolute atomic E-state index is 0.0456. The quantitative estimate of drug-likeness (QED) is 0.0896. The van der Waals surface area contributed by atoms with Crippen molar-refractivity contribution < 1.29 is 70.1 Å². The average Bonchev–Trinajstić information content (AvgIpc) is 3.22. The molecule has 2 saturated heterocycles. The normalized spacial score (nSPS) is 16.2. The molecule has 2 heterocycles. The third kappa shape index (κ3) is 19.5. The van der Waals surface area contributed by atoms with Crippen molar-refractivity contribution in [1.82, 2.24) is 25.8 Å². The predicted molar refractivity (Wildman–Crippen MR) is 224 cm³/mol. The molecule has 2 aliphatic rings. The second-order valence-corrected chi connectivity index (χ2v) is 16.4. The highest BCUT2D eigenvalue weighted by molar-refractivity contribution is 5.95. The SMILES string of the molecule is CC(=O)N1CC2(CCN(C(=O)[C@@H](CCCCN)NC(=O)[C@@H](CC(C)C)NC(=O)[C@@H](Cc3ccccc3)NC(=O)[C@H](N)Cc3ccccc3)CC2)C1.O=C(O)C(F)(F)F.O=C(O)C(F)(F)F. The van der Waals surface area contributed by atoms with Crippen LogP contribution in [0.5, 0.6) is 0 Å². The molecule has 0 aliphatic carbocycles. The van der Waals surface area contributed by atoms with Gasteiger partial charge < -0.3 is 47.4 Å². The standard InChI is InChI=1S/C39H57N7O5.2C2HF3O2/c1-27(2)22-33(36(49)42-32(16-10-11-19-40)38(51)45-20-17-39(18-21-45)25-46(26-39)28(3)47)44-37(50)34(24-30-14-8-5-9-15-30)43-35(48)31(41)23-29-12-6-4-7-13-29;2*3-2(4,5)1(6)7/h4-9,12-15,27,31-34H,10-11,16-26,40-41H2,1-3H3,(H,42,49)(H,43,48)(H,44,50);2*(H,6,7)/t31-,32-,33-,34-;;/m1../s1. The molecule has 2 aliphatic heterocycles. The molecule has 2 aromatic rings. The molecule has 2 fully saturated rings. The summed E-state index contributed by atoms with van der Waals surface area (Å²) >= 11 is 0. The smallest absolute Gasteiger partial charge is 0.475 e. The number of piperidine rings is 1. The molecule has 0 aromatic heterocycles. The van der Waals surface area contributed by atoms with E-state index in [1.807, 2.05) is 84.3 Å².